The number of H-pyrrole nitrogens is 2. The summed E-state index contributed by atoms with van der Waals surface area (Å²) >= 11 is 4.31. The average molecular weight is 1000 g/mol. The first-order chi connectivity index (χ1) is 27.4. The van der Waals surface area contributed by atoms with E-state index in [1.165, 1.54) is 31.9 Å². The van der Waals surface area contributed by atoms with Crippen molar-refractivity contribution in [2.75, 3.05) is 27.3 Å². The summed E-state index contributed by atoms with van der Waals surface area (Å²) in [6.45, 7) is 2.53. The third kappa shape index (κ3) is 10.1. The van der Waals surface area contributed by atoms with Crippen LogP contribution < -0.4 is 9.47 Å². The van der Waals surface area contributed by atoms with E-state index < -0.39 is 10.8 Å². The number of nitrogens with zero attached hydrogens (tertiary/aromatic N) is 7. The van der Waals surface area contributed by atoms with Gasteiger partial charge in [-0.2, -0.15) is 0 Å². The number of likely N-dealkylation sites (tertiary alicyclic amines) is 1. The van der Waals surface area contributed by atoms with E-state index in [0.717, 1.165) is 50.5 Å². The average Bonchev–Trinajstić information content (AvgIpc) is 3.69. The third-order valence-corrected chi connectivity index (χ3v) is 10.5. The molecule has 3 aromatic carbocycles. The maximum Gasteiger partial charge on any atom is 0.277 e. The molecule has 0 spiro atoms. The van der Waals surface area contributed by atoms with Crippen molar-refractivity contribution in [3.05, 3.63) is 101 Å². The number of rotatable bonds is 10. The Labute approximate surface area is 352 Å². The number of ether oxygens (including phenoxy) is 2. The molecule has 4 N–H and O–H groups in total. The number of nitrogens with one attached hydrogen (secondary N) is 2. The minimum atomic E-state index is -0.723. The molecule has 1 aliphatic heterocycles. The predicted octanol–water partition coefficient (Wildman–Crippen LogP) is 8.65. The molecule has 0 bridgehead atoms. The first-order valence-corrected chi connectivity index (χ1v) is 19.5. The Bertz CT molecular complexity index is 2500. The highest BCUT2D eigenvalue weighted by Gasteiger charge is 2.26. The number of piperidine rings is 1. The van der Waals surface area contributed by atoms with E-state index in [1.54, 1.807) is 18.3 Å². The number of pyridine rings is 1. The van der Waals surface area contributed by atoms with Crippen molar-refractivity contribution in [3.63, 3.8) is 0 Å². The number of nitro groups is 1. The summed E-state index contributed by atoms with van der Waals surface area (Å²) in [7, 11) is 2.74. The van der Waals surface area contributed by atoms with Crippen LogP contribution in [0.15, 0.2) is 93.5 Å². The highest BCUT2D eigenvalue weighted by atomic mass is 127. The van der Waals surface area contributed by atoms with Crippen molar-refractivity contribution >= 4 is 95.9 Å². The van der Waals surface area contributed by atoms with Crippen LogP contribution in [-0.4, -0.2) is 74.1 Å². The Morgan fingerprint density at radius 3 is 2.02 bits per heavy atom. The Balaban J connectivity index is 0.000000193. The highest BCUT2D eigenvalue weighted by molar-refractivity contribution is 14.1. The second kappa shape index (κ2) is 18.6. The van der Waals surface area contributed by atoms with Gasteiger partial charge in [-0.25, -0.2) is 0 Å². The number of hydrogen-bond donors (Lipinski definition) is 4. The fourth-order valence-corrected chi connectivity index (χ4v) is 7.25. The van der Waals surface area contributed by atoms with Gasteiger partial charge in [-0.3, -0.25) is 29.6 Å². The molecule has 0 saturated carbocycles. The van der Waals surface area contributed by atoms with Gasteiger partial charge in [0, 0.05) is 48.3 Å². The monoisotopic (exact) mass is 999 g/mol. The van der Waals surface area contributed by atoms with Gasteiger partial charge in [-0.15, -0.1) is 20.5 Å². The number of benzene rings is 3. The molecule has 0 atom stereocenters. The Hall–Kier alpha value is -5.55. The number of carbonyl (C=O) groups is 2. The van der Waals surface area contributed by atoms with Crippen molar-refractivity contribution in [3.8, 4) is 23.3 Å². The van der Waals surface area contributed by atoms with E-state index in [9.17, 15) is 29.9 Å². The minimum absolute atomic E-state index is 0.0696. The normalized spacial score (nSPS) is 13.6. The van der Waals surface area contributed by atoms with Crippen LogP contribution in [0.5, 0.6) is 23.3 Å². The van der Waals surface area contributed by atoms with E-state index in [0.29, 0.717) is 16.6 Å². The summed E-state index contributed by atoms with van der Waals surface area (Å²) in [6, 6.07) is 17.7. The van der Waals surface area contributed by atoms with Gasteiger partial charge in [-0.05, 0) is 125 Å². The number of azo groups is 2. The number of aromatic hydroxyl groups is 2. The zero-order valence-corrected chi connectivity index (χ0v) is 34.8. The SMILES string of the molecule is COc1cc(CC(=O)N=Nc2c(O)[nH]c3ccc(I)cc23)c([N+](=O)[O-])cc1OC.O=C(N=Nc1c(O)[nH]c2ccc(I)cc12)C1CCN(Cc2cccnc2)CC1. The van der Waals surface area contributed by atoms with Gasteiger partial charge >= 0.3 is 0 Å². The first kappa shape index (κ1) is 41.1. The standard InChI is InChI=1S/C20H20IN5O2.C18H15IN4O6/c21-15-3-4-17-16(10-15)18(20(28)23-17)24-25-19(27)14-5-8-26(9-6-14)12-13-2-1-7-22-11-13;1-28-14-5-9(13(23(26)27)8-15(14)29-2)6-16(24)21-22-17-11-7-10(19)3-4-12(11)20-18(17)25/h1-4,7,10-11,14,23,28H,5-6,8-9,12H2;3-5,7-8,20,25H,6H2,1-2H3. The number of amides is 2. The highest BCUT2D eigenvalue weighted by Crippen LogP contribution is 2.38. The minimum Gasteiger partial charge on any atom is -0.493 e. The number of aromatic nitrogens is 3. The maximum atomic E-state index is 12.5. The molecule has 0 radical (unpaired) electrons. The van der Waals surface area contributed by atoms with Crippen molar-refractivity contribution in [1.82, 2.24) is 19.9 Å². The lowest BCUT2D eigenvalue weighted by atomic mass is 9.96. The van der Waals surface area contributed by atoms with Crippen LogP contribution in [0, 0.1) is 23.2 Å². The molecule has 294 valence electrons. The number of aromatic amines is 2. The van der Waals surface area contributed by atoms with Crippen LogP contribution in [0.3, 0.4) is 0 Å². The maximum absolute atomic E-state index is 12.5. The fourth-order valence-electron chi connectivity index (χ4n) is 6.27. The number of halogens is 2. The Morgan fingerprint density at radius 2 is 1.47 bits per heavy atom. The van der Waals surface area contributed by atoms with E-state index in [1.807, 2.05) is 36.5 Å². The van der Waals surface area contributed by atoms with Crippen LogP contribution in [0.25, 0.3) is 21.8 Å². The number of carbonyl (C=O) groups excluding carboxylic acids is 2. The van der Waals surface area contributed by atoms with Gasteiger partial charge < -0.3 is 29.7 Å². The third-order valence-electron chi connectivity index (χ3n) is 9.13. The summed E-state index contributed by atoms with van der Waals surface area (Å²) in [5.74, 6) is -0.936. The quantitative estimate of drug-likeness (QED) is 0.0441. The molecule has 2 amide bonds. The molecule has 17 nitrogen and oxygen atoms in total. The number of hydrogen-bond acceptors (Lipinski definition) is 12. The van der Waals surface area contributed by atoms with Crippen molar-refractivity contribution in [1.29, 1.82) is 0 Å². The van der Waals surface area contributed by atoms with Gasteiger partial charge in [0.1, 0.15) is 0 Å². The number of methoxy groups -OCH3 is 2. The van der Waals surface area contributed by atoms with Gasteiger partial charge in [0.05, 0.1) is 42.7 Å². The summed E-state index contributed by atoms with van der Waals surface area (Å²) in [5, 5.41) is 48.3. The Morgan fingerprint density at radius 1 is 0.895 bits per heavy atom. The molecule has 3 aromatic heterocycles. The molecule has 1 fully saturated rings. The second-order valence-corrected chi connectivity index (χ2v) is 15.3. The van der Waals surface area contributed by atoms with E-state index >= 15 is 0 Å². The van der Waals surface area contributed by atoms with Crippen LogP contribution >= 0.6 is 45.2 Å². The molecule has 7 rings (SSSR count). The zero-order valence-electron chi connectivity index (χ0n) is 30.5. The number of fused-ring (bicyclic) bond motifs is 2. The molecule has 1 aliphatic rings. The Kier molecular flexibility index (Phi) is 13.4. The van der Waals surface area contributed by atoms with Crippen LogP contribution in [-0.2, 0) is 22.6 Å². The molecule has 1 saturated heterocycles. The van der Waals surface area contributed by atoms with Gasteiger partial charge in [0.2, 0.25) is 11.8 Å². The lowest BCUT2D eigenvalue weighted by Gasteiger charge is -2.30. The fraction of sp³-hybridized carbons (Fsp3) is 0.237. The van der Waals surface area contributed by atoms with Gasteiger partial charge in [0.15, 0.2) is 22.9 Å². The van der Waals surface area contributed by atoms with Crippen molar-refractivity contribution in [2.24, 2.45) is 26.4 Å². The van der Waals surface area contributed by atoms with Crippen LogP contribution in [0.2, 0.25) is 0 Å². The summed E-state index contributed by atoms with van der Waals surface area (Å²) < 4.78 is 12.1. The predicted molar refractivity (Wildman–Crippen MR) is 227 cm³/mol. The van der Waals surface area contributed by atoms with Gasteiger partial charge in [0.25, 0.3) is 17.5 Å². The number of nitro benzene ring substituents is 1. The summed E-state index contributed by atoms with van der Waals surface area (Å²) in [4.78, 5) is 47.6. The zero-order chi connectivity index (χ0) is 40.6. The van der Waals surface area contributed by atoms with E-state index in [4.69, 9.17) is 9.47 Å². The molecule has 4 heterocycles. The molecule has 0 aliphatic carbocycles. The molecule has 0 unspecified atom stereocenters. The van der Waals surface area contributed by atoms with E-state index in [-0.39, 0.29) is 58.4 Å². The largest absolute Gasteiger partial charge is 0.493 e. The topological polar surface area (TPSA) is 233 Å². The summed E-state index contributed by atoms with van der Waals surface area (Å²) in [6.07, 6.45) is 4.79. The lowest BCUT2D eigenvalue weighted by Crippen LogP contribution is -2.35. The second-order valence-electron chi connectivity index (χ2n) is 12.8. The summed E-state index contributed by atoms with van der Waals surface area (Å²) in [5.41, 5.74) is 2.83. The first-order valence-electron chi connectivity index (χ1n) is 17.3. The van der Waals surface area contributed by atoms with Crippen molar-refractivity contribution < 1.29 is 34.2 Å². The molecule has 19 heteroatoms. The van der Waals surface area contributed by atoms with Crippen LogP contribution in [0.1, 0.15) is 24.0 Å². The van der Waals surface area contributed by atoms with Crippen LogP contribution in [0.4, 0.5) is 17.1 Å². The molecular formula is C38H35I2N9O8. The lowest BCUT2D eigenvalue weighted by molar-refractivity contribution is -0.385. The molecule has 6 aromatic rings. The van der Waals surface area contributed by atoms with Gasteiger partial charge in [-0.1, -0.05) is 6.07 Å². The molecular weight excluding hydrogens is 964 g/mol. The van der Waals surface area contributed by atoms with Crippen molar-refractivity contribution in [2.45, 2.75) is 25.8 Å². The van der Waals surface area contributed by atoms with E-state index in [2.05, 4.69) is 91.6 Å². The smallest absolute Gasteiger partial charge is 0.277 e. The molecule has 57 heavy (non-hydrogen) atoms.